The number of aromatic nitrogens is 2. The van der Waals surface area contributed by atoms with Crippen LogP contribution in [0, 0.1) is 0 Å². The molecule has 4 nitrogen and oxygen atoms in total. The van der Waals surface area contributed by atoms with Gasteiger partial charge in [0.15, 0.2) is 0 Å². The van der Waals surface area contributed by atoms with Gasteiger partial charge in [-0.1, -0.05) is 0 Å². The summed E-state index contributed by atoms with van der Waals surface area (Å²) in [5.74, 6) is 0.781. The molecule has 0 spiro atoms. The Bertz CT molecular complexity index is 338. The van der Waals surface area contributed by atoms with Crippen LogP contribution < -0.4 is 5.32 Å². The first-order valence-electron chi connectivity index (χ1n) is 5.23. The number of alkyl halides is 3. The van der Waals surface area contributed by atoms with Crippen LogP contribution in [0.1, 0.15) is 18.3 Å². The molecule has 0 aromatic carbocycles. The van der Waals surface area contributed by atoms with E-state index in [0.717, 1.165) is 5.82 Å². The summed E-state index contributed by atoms with van der Waals surface area (Å²) in [5, 5.41) is 3.00. The zero-order valence-corrected chi connectivity index (χ0v) is 9.79. The van der Waals surface area contributed by atoms with Crippen molar-refractivity contribution in [2.75, 3.05) is 20.3 Å². The van der Waals surface area contributed by atoms with Crippen LogP contribution in [-0.2, 0) is 11.8 Å². The highest BCUT2D eigenvalue weighted by molar-refractivity contribution is 4.98. The normalized spacial score (nSPS) is 13.9. The maximum absolute atomic E-state index is 11.8. The third-order valence-electron chi connectivity index (χ3n) is 2.34. The number of nitrogens with one attached hydrogen (secondary N) is 1. The van der Waals surface area contributed by atoms with Gasteiger partial charge in [0.25, 0.3) is 0 Å². The summed E-state index contributed by atoms with van der Waals surface area (Å²) in [6, 6.07) is -0.108. The molecule has 1 unspecified atom stereocenters. The van der Waals surface area contributed by atoms with E-state index in [9.17, 15) is 13.2 Å². The Labute approximate surface area is 97.8 Å². The molecule has 1 aromatic rings. The van der Waals surface area contributed by atoms with Crippen molar-refractivity contribution in [3.8, 4) is 0 Å². The average molecular weight is 251 g/mol. The van der Waals surface area contributed by atoms with Crippen molar-refractivity contribution < 1.29 is 17.9 Å². The molecule has 1 heterocycles. The molecular formula is C10H16F3N3O. The number of hydrogen-bond acceptors (Lipinski definition) is 3. The molecule has 1 atom stereocenters. The van der Waals surface area contributed by atoms with Crippen LogP contribution in [0.15, 0.2) is 12.4 Å². The SMILES string of the molecule is CNC(CCOCC(F)(F)F)c1nccn1C. The van der Waals surface area contributed by atoms with Gasteiger partial charge in [-0.2, -0.15) is 13.2 Å². The van der Waals surface area contributed by atoms with E-state index in [1.54, 1.807) is 19.4 Å². The van der Waals surface area contributed by atoms with Gasteiger partial charge in [0.2, 0.25) is 0 Å². The lowest BCUT2D eigenvalue weighted by Crippen LogP contribution is -2.23. The fraction of sp³-hybridized carbons (Fsp3) is 0.700. The van der Waals surface area contributed by atoms with Crippen molar-refractivity contribution in [3.63, 3.8) is 0 Å². The number of rotatable bonds is 6. The molecule has 0 amide bonds. The topological polar surface area (TPSA) is 39.1 Å². The number of halogens is 3. The molecule has 17 heavy (non-hydrogen) atoms. The number of ether oxygens (including phenoxy) is 1. The highest BCUT2D eigenvalue weighted by atomic mass is 19.4. The van der Waals surface area contributed by atoms with Gasteiger partial charge in [-0.3, -0.25) is 0 Å². The van der Waals surface area contributed by atoms with E-state index in [0.29, 0.717) is 6.42 Å². The van der Waals surface area contributed by atoms with Crippen LogP contribution in [0.3, 0.4) is 0 Å². The summed E-state index contributed by atoms with van der Waals surface area (Å²) in [6.45, 7) is -1.16. The molecular weight excluding hydrogens is 235 g/mol. The van der Waals surface area contributed by atoms with E-state index < -0.39 is 12.8 Å². The zero-order chi connectivity index (χ0) is 12.9. The van der Waals surface area contributed by atoms with Gasteiger partial charge >= 0.3 is 6.18 Å². The monoisotopic (exact) mass is 251 g/mol. The second kappa shape index (κ2) is 6.02. The smallest absolute Gasteiger partial charge is 0.372 e. The maximum Gasteiger partial charge on any atom is 0.411 e. The van der Waals surface area contributed by atoms with Crippen molar-refractivity contribution >= 4 is 0 Å². The van der Waals surface area contributed by atoms with Gasteiger partial charge in [-0.05, 0) is 13.5 Å². The molecule has 0 fully saturated rings. The highest BCUT2D eigenvalue weighted by Gasteiger charge is 2.27. The average Bonchev–Trinajstić information content (AvgIpc) is 2.63. The summed E-state index contributed by atoms with van der Waals surface area (Å²) in [5.41, 5.74) is 0. The minimum atomic E-state index is -4.27. The highest BCUT2D eigenvalue weighted by Crippen LogP contribution is 2.17. The van der Waals surface area contributed by atoms with Crippen LogP contribution in [0.25, 0.3) is 0 Å². The maximum atomic E-state index is 11.8. The molecule has 1 aromatic heterocycles. The van der Waals surface area contributed by atoms with E-state index in [2.05, 4.69) is 15.0 Å². The van der Waals surface area contributed by atoms with E-state index in [4.69, 9.17) is 0 Å². The first-order valence-corrected chi connectivity index (χ1v) is 5.23. The summed E-state index contributed by atoms with van der Waals surface area (Å²) in [6.07, 6.45) is -0.387. The van der Waals surface area contributed by atoms with E-state index in [-0.39, 0.29) is 12.6 Å². The first-order chi connectivity index (χ1) is 7.94. The second-order valence-corrected chi connectivity index (χ2v) is 3.69. The van der Waals surface area contributed by atoms with Gasteiger partial charge in [0.05, 0.1) is 6.04 Å². The lowest BCUT2D eigenvalue weighted by Gasteiger charge is -2.16. The molecule has 0 radical (unpaired) electrons. The Morgan fingerprint density at radius 2 is 2.24 bits per heavy atom. The minimum Gasteiger partial charge on any atom is -0.372 e. The Hall–Kier alpha value is -1.08. The lowest BCUT2D eigenvalue weighted by molar-refractivity contribution is -0.174. The van der Waals surface area contributed by atoms with Crippen LogP contribution in [0.5, 0.6) is 0 Å². The van der Waals surface area contributed by atoms with Crippen LogP contribution >= 0.6 is 0 Å². The molecule has 0 aliphatic heterocycles. The predicted octanol–water partition coefficient (Wildman–Crippen LogP) is 1.65. The molecule has 0 aliphatic rings. The third-order valence-corrected chi connectivity index (χ3v) is 2.34. The standard InChI is InChI=1S/C10H16F3N3O/c1-14-8(9-15-4-5-16(9)2)3-6-17-7-10(11,12)13/h4-5,8,14H,3,6-7H2,1-2H3. The summed E-state index contributed by atoms with van der Waals surface area (Å²) >= 11 is 0. The zero-order valence-electron chi connectivity index (χ0n) is 9.79. The van der Waals surface area contributed by atoms with Gasteiger partial charge in [0.1, 0.15) is 12.4 Å². The fourth-order valence-electron chi connectivity index (χ4n) is 1.50. The van der Waals surface area contributed by atoms with Crippen LogP contribution in [0.2, 0.25) is 0 Å². The third kappa shape index (κ3) is 4.74. The largest absolute Gasteiger partial charge is 0.411 e. The van der Waals surface area contributed by atoms with Crippen molar-refractivity contribution in [2.45, 2.75) is 18.6 Å². The molecule has 1 N–H and O–H groups in total. The van der Waals surface area contributed by atoms with Gasteiger partial charge in [-0.15, -0.1) is 0 Å². The van der Waals surface area contributed by atoms with Crippen LogP contribution in [0.4, 0.5) is 13.2 Å². The van der Waals surface area contributed by atoms with Crippen molar-refractivity contribution in [3.05, 3.63) is 18.2 Å². The van der Waals surface area contributed by atoms with Gasteiger partial charge in [0, 0.05) is 26.0 Å². The summed E-state index contributed by atoms with van der Waals surface area (Å²) in [7, 11) is 3.58. The number of hydrogen-bond donors (Lipinski definition) is 1. The van der Waals surface area contributed by atoms with Crippen LogP contribution in [-0.4, -0.2) is 36.0 Å². The molecule has 0 saturated carbocycles. The van der Waals surface area contributed by atoms with Gasteiger partial charge < -0.3 is 14.6 Å². The molecule has 98 valence electrons. The molecule has 0 aliphatic carbocycles. The number of imidazole rings is 1. The molecule has 0 bridgehead atoms. The Morgan fingerprint density at radius 3 is 2.71 bits per heavy atom. The Kier molecular flexibility index (Phi) is 4.95. The fourth-order valence-corrected chi connectivity index (χ4v) is 1.50. The van der Waals surface area contributed by atoms with Gasteiger partial charge in [-0.25, -0.2) is 4.98 Å². The van der Waals surface area contributed by atoms with Crippen molar-refractivity contribution in [1.29, 1.82) is 0 Å². The number of nitrogens with zero attached hydrogens (tertiary/aromatic N) is 2. The Balaban J connectivity index is 2.37. The predicted molar refractivity (Wildman–Crippen MR) is 56.5 cm³/mol. The minimum absolute atomic E-state index is 0.0396. The van der Waals surface area contributed by atoms with E-state index >= 15 is 0 Å². The number of aryl methyl sites for hydroxylation is 1. The Morgan fingerprint density at radius 1 is 1.53 bits per heavy atom. The molecule has 7 heteroatoms. The summed E-state index contributed by atoms with van der Waals surface area (Å²) in [4.78, 5) is 4.14. The second-order valence-electron chi connectivity index (χ2n) is 3.69. The van der Waals surface area contributed by atoms with E-state index in [1.807, 2.05) is 11.6 Å². The van der Waals surface area contributed by atoms with Crippen molar-refractivity contribution in [1.82, 2.24) is 14.9 Å². The van der Waals surface area contributed by atoms with Crippen molar-refractivity contribution in [2.24, 2.45) is 7.05 Å². The molecule has 1 rings (SSSR count). The first kappa shape index (κ1) is 14.0. The molecule has 0 saturated heterocycles. The quantitative estimate of drug-likeness (QED) is 0.781. The lowest BCUT2D eigenvalue weighted by atomic mass is 10.2. The summed E-state index contributed by atoms with van der Waals surface area (Å²) < 4.78 is 41.9. The van der Waals surface area contributed by atoms with E-state index in [1.165, 1.54) is 0 Å².